The van der Waals surface area contributed by atoms with E-state index in [9.17, 15) is 13.2 Å². The summed E-state index contributed by atoms with van der Waals surface area (Å²) in [5.74, 6) is -0.493. The number of hydrogen-bond donors (Lipinski definition) is 2. The summed E-state index contributed by atoms with van der Waals surface area (Å²) in [7, 11) is -2.13. The van der Waals surface area contributed by atoms with Crippen molar-refractivity contribution >= 4 is 16.0 Å². The average Bonchev–Trinajstić information content (AvgIpc) is 2.37. The van der Waals surface area contributed by atoms with Crippen LogP contribution in [0.25, 0.3) is 0 Å². The van der Waals surface area contributed by atoms with Crippen molar-refractivity contribution in [1.82, 2.24) is 4.72 Å². The molecule has 2 N–H and O–H groups in total. The zero-order chi connectivity index (χ0) is 15.2. The standard InChI is InChI=1S/C12H17NO6S/c1-9-7-10(3-4-11(9)18-2)20(16,17)13-5-6-19-8-12(14)15/h3-4,7,13H,5-6,8H2,1-2H3,(H,14,15). The summed E-state index contributed by atoms with van der Waals surface area (Å²) in [5, 5.41) is 8.36. The number of ether oxygens (including phenoxy) is 2. The molecule has 0 aliphatic carbocycles. The minimum Gasteiger partial charge on any atom is -0.496 e. The molecular weight excluding hydrogens is 286 g/mol. The molecule has 0 saturated carbocycles. The Balaban J connectivity index is 2.60. The van der Waals surface area contributed by atoms with Crippen molar-refractivity contribution in [2.24, 2.45) is 0 Å². The summed E-state index contributed by atoms with van der Waals surface area (Å²) in [6, 6.07) is 4.51. The van der Waals surface area contributed by atoms with Gasteiger partial charge in [0.2, 0.25) is 10.0 Å². The molecule has 1 aromatic rings. The topological polar surface area (TPSA) is 102 Å². The SMILES string of the molecule is COc1ccc(S(=O)(=O)NCCOCC(=O)O)cc1C. The third-order valence-electron chi connectivity index (χ3n) is 2.44. The second kappa shape index (κ2) is 7.22. The number of hydrogen-bond acceptors (Lipinski definition) is 5. The van der Waals surface area contributed by atoms with Crippen LogP contribution >= 0.6 is 0 Å². The first-order valence-corrected chi connectivity index (χ1v) is 7.29. The molecule has 0 spiro atoms. The molecule has 20 heavy (non-hydrogen) atoms. The zero-order valence-corrected chi connectivity index (χ0v) is 12.1. The molecule has 0 atom stereocenters. The highest BCUT2D eigenvalue weighted by molar-refractivity contribution is 7.89. The fourth-order valence-electron chi connectivity index (χ4n) is 1.51. The van der Waals surface area contributed by atoms with Crippen LogP contribution in [0.1, 0.15) is 5.56 Å². The molecule has 0 fully saturated rings. The molecule has 0 saturated heterocycles. The second-order valence-corrected chi connectivity index (χ2v) is 5.74. The smallest absolute Gasteiger partial charge is 0.329 e. The molecule has 0 aliphatic rings. The highest BCUT2D eigenvalue weighted by Crippen LogP contribution is 2.20. The van der Waals surface area contributed by atoms with Crippen molar-refractivity contribution in [3.63, 3.8) is 0 Å². The number of benzene rings is 1. The molecule has 0 aromatic heterocycles. The molecule has 7 nitrogen and oxygen atoms in total. The Bertz CT molecular complexity index is 569. The highest BCUT2D eigenvalue weighted by atomic mass is 32.2. The molecule has 0 bridgehead atoms. The Kier molecular flexibility index (Phi) is 5.93. The maximum Gasteiger partial charge on any atom is 0.329 e. The van der Waals surface area contributed by atoms with Crippen LogP contribution in [0.3, 0.4) is 0 Å². The number of carbonyl (C=O) groups is 1. The van der Waals surface area contributed by atoms with Crippen LogP contribution in [-0.4, -0.2) is 46.4 Å². The number of rotatable bonds is 8. The summed E-state index contributed by atoms with van der Waals surface area (Å²) < 4.78 is 36.0. The first-order chi connectivity index (χ1) is 9.36. The fourth-order valence-corrected chi connectivity index (χ4v) is 2.61. The van der Waals surface area contributed by atoms with Gasteiger partial charge in [0, 0.05) is 6.54 Å². The summed E-state index contributed by atoms with van der Waals surface area (Å²) in [5.41, 5.74) is 0.706. The highest BCUT2D eigenvalue weighted by Gasteiger charge is 2.14. The van der Waals surface area contributed by atoms with Crippen molar-refractivity contribution in [3.8, 4) is 5.75 Å². The van der Waals surface area contributed by atoms with Crippen LogP contribution in [-0.2, 0) is 19.6 Å². The van der Waals surface area contributed by atoms with E-state index in [0.29, 0.717) is 11.3 Å². The lowest BCUT2D eigenvalue weighted by Gasteiger charge is -2.09. The number of carboxylic acids is 1. The third-order valence-corrected chi connectivity index (χ3v) is 3.90. The first-order valence-electron chi connectivity index (χ1n) is 5.80. The van der Waals surface area contributed by atoms with Gasteiger partial charge in [0.15, 0.2) is 0 Å². The molecule has 1 rings (SSSR count). The van der Waals surface area contributed by atoms with E-state index in [2.05, 4.69) is 4.72 Å². The molecule has 8 heteroatoms. The maximum absolute atomic E-state index is 12.0. The molecule has 0 unspecified atom stereocenters. The molecule has 0 amide bonds. The van der Waals surface area contributed by atoms with Gasteiger partial charge < -0.3 is 14.6 Å². The number of aliphatic carboxylic acids is 1. The van der Waals surface area contributed by atoms with Gasteiger partial charge in [0.05, 0.1) is 18.6 Å². The molecular formula is C12H17NO6S. The van der Waals surface area contributed by atoms with Crippen LogP contribution in [0, 0.1) is 6.92 Å². The Morgan fingerprint density at radius 3 is 2.65 bits per heavy atom. The van der Waals surface area contributed by atoms with Gasteiger partial charge >= 0.3 is 5.97 Å². The summed E-state index contributed by atoms with van der Waals surface area (Å²) in [6.45, 7) is 1.28. The Labute approximate surface area is 117 Å². The van der Waals surface area contributed by atoms with E-state index >= 15 is 0 Å². The largest absolute Gasteiger partial charge is 0.496 e. The van der Waals surface area contributed by atoms with Gasteiger partial charge in [-0.15, -0.1) is 0 Å². The van der Waals surface area contributed by atoms with Crippen molar-refractivity contribution in [2.45, 2.75) is 11.8 Å². The van der Waals surface area contributed by atoms with Crippen molar-refractivity contribution in [3.05, 3.63) is 23.8 Å². The lowest BCUT2D eigenvalue weighted by molar-refractivity contribution is -0.142. The van der Waals surface area contributed by atoms with Crippen molar-refractivity contribution in [1.29, 1.82) is 0 Å². The number of sulfonamides is 1. The molecule has 0 heterocycles. The van der Waals surface area contributed by atoms with Gasteiger partial charge in [0.1, 0.15) is 12.4 Å². The van der Waals surface area contributed by atoms with Gasteiger partial charge in [-0.1, -0.05) is 0 Å². The molecule has 0 aliphatic heterocycles. The van der Waals surface area contributed by atoms with E-state index in [0.717, 1.165) is 0 Å². The minimum absolute atomic E-state index is 0.000685. The number of nitrogens with one attached hydrogen (secondary N) is 1. The molecule has 1 aromatic carbocycles. The molecule has 0 radical (unpaired) electrons. The summed E-state index contributed by atoms with van der Waals surface area (Å²) in [4.78, 5) is 10.3. The summed E-state index contributed by atoms with van der Waals surface area (Å²) in [6.07, 6.45) is 0. The van der Waals surface area contributed by atoms with Gasteiger partial charge in [-0.2, -0.15) is 0 Å². The maximum atomic E-state index is 12.0. The number of methoxy groups -OCH3 is 1. The van der Waals surface area contributed by atoms with E-state index in [1.54, 1.807) is 13.0 Å². The zero-order valence-electron chi connectivity index (χ0n) is 11.3. The average molecular weight is 303 g/mol. The van der Waals surface area contributed by atoms with Gasteiger partial charge in [-0.25, -0.2) is 17.9 Å². The van der Waals surface area contributed by atoms with E-state index in [4.69, 9.17) is 14.6 Å². The predicted octanol–water partition coefficient (Wildman–Crippen LogP) is 0.383. The monoisotopic (exact) mass is 303 g/mol. The fraction of sp³-hybridized carbons (Fsp3) is 0.417. The first kappa shape index (κ1) is 16.4. The van der Waals surface area contributed by atoms with Gasteiger partial charge in [-0.05, 0) is 30.7 Å². The summed E-state index contributed by atoms with van der Waals surface area (Å²) >= 11 is 0. The minimum atomic E-state index is -3.64. The lowest BCUT2D eigenvalue weighted by Crippen LogP contribution is -2.28. The second-order valence-electron chi connectivity index (χ2n) is 3.98. The van der Waals surface area contributed by atoms with Crippen LogP contribution in [0.4, 0.5) is 0 Å². The van der Waals surface area contributed by atoms with Crippen LogP contribution in [0.2, 0.25) is 0 Å². The Morgan fingerprint density at radius 1 is 1.40 bits per heavy atom. The van der Waals surface area contributed by atoms with Crippen molar-refractivity contribution in [2.75, 3.05) is 26.9 Å². The van der Waals surface area contributed by atoms with E-state index in [1.807, 2.05) is 0 Å². The predicted molar refractivity (Wildman–Crippen MR) is 71.4 cm³/mol. The van der Waals surface area contributed by atoms with E-state index < -0.39 is 22.6 Å². The normalized spacial score (nSPS) is 11.3. The molecule has 112 valence electrons. The number of carboxylic acid groups (broad SMARTS) is 1. The Hall–Kier alpha value is -1.64. The van der Waals surface area contributed by atoms with Crippen LogP contribution in [0.15, 0.2) is 23.1 Å². The third kappa shape index (κ3) is 4.80. The van der Waals surface area contributed by atoms with Gasteiger partial charge in [-0.3, -0.25) is 0 Å². The quantitative estimate of drug-likeness (QED) is 0.673. The van der Waals surface area contributed by atoms with E-state index in [-0.39, 0.29) is 18.0 Å². The van der Waals surface area contributed by atoms with Crippen LogP contribution in [0.5, 0.6) is 5.75 Å². The van der Waals surface area contributed by atoms with Crippen LogP contribution < -0.4 is 9.46 Å². The lowest BCUT2D eigenvalue weighted by atomic mass is 10.2. The van der Waals surface area contributed by atoms with Crippen molar-refractivity contribution < 1.29 is 27.8 Å². The number of aryl methyl sites for hydroxylation is 1. The Morgan fingerprint density at radius 2 is 2.10 bits per heavy atom. The van der Waals surface area contributed by atoms with Gasteiger partial charge in [0.25, 0.3) is 0 Å². The van der Waals surface area contributed by atoms with E-state index in [1.165, 1.54) is 19.2 Å².